The Morgan fingerprint density at radius 3 is 1.13 bits per heavy atom. The number of hydrogen-bond acceptors (Lipinski definition) is 2. The Morgan fingerprint density at radius 2 is 0.677 bits per heavy atom. The third kappa shape index (κ3) is 6.18. The summed E-state index contributed by atoms with van der Waals surface area (Å²) < 4.78 is 0. The Hall–Kier alpha value is -7.68. The predicted octanol–water partition coefficient (Wildman–Crippen LogP) is 16.2. The summed E-state index contributed by atoms with van der Waals surface area (Å²) in [7, 11) is 0. The average Bonchev–Trinajstić information content (AvgIpc) is 3.63. The summed E-state index contributed by atoms with van der Waals surface area (Å²) in [5, 5.41) is 5.19. The number of aryl methyl sites for hydroxylation is 3. The van der Waals surface area contributed by atoms with Crippen LogP contribution < -0.4 is 9.80 Å². The molecule has 0 radical (unpaired) electrons. The number of rotatable bonds is 9. The summed E-state index contributed by atoms with van der Waals surface area (Å²) in [4.78, 5) is 4.76. The molecule has 0 fully saturated rings. The SMILES string of the molecule is Cc1ccc(N(c2ccc(C)cc2)c2ccc(-c3ccc(N(c4ccc(C)cc4)c4cc5c6c(ccc7cccc(c76)C5(c5ccccc5)c5ccccc5)c4)cc3)cc2)cc1. The van der Waals surface area contributed by atoms with Gasteiger partial charge in [0.15, 0.2) is 0 Å². The van der Waals surface area contributed by atoms with E-state index in [1.54, 1.807) is 0 Å². The van der Waals surface area contributed by atoms with Crippen LogP contribution in [0.3, 0.4) is 0 Å². The average molecular weight is 795 g/mol. The zero-order chi connectivity index (χ0) is 41.8. The van der Waals surface area contributed by atoms with Gasteiger partial charge in [-0.25, -0.2) is 0 Å². The van der Waals surface area contributed by atoms with E-state index in [0.717, 1.165) is 34.1 Å². The maximum atomic E-state index is 2.47. The van der Waals surface area contributed by atoms with Crippen LogP contribution in [0.2, 0.25) is 0 Å². The lowest BCUT2D eigenvalue weighted by Crippen LogP contribution is -2.29. The lowest BCUT2D eigenvalue weighted by molar-refractivity contribution is 0.771. The van der Waals surface area contributed by atoms with Gasteiger partial charge < -0.3 is 9.80 Å². The van der Waals surface area contributed by atoms with Crippen molar-refractivity contribution in [1.29, 1.82) is 0 Å². The van der Waals surface area contributed by atoms with Crippen LogP contribution in [0, 0.1) is 20.8 Å². The lowest BCUT2D eigenvalue weighted by Gasteiger charge is -2.35. The second-order valence-electron chi connectivity index (χ2n) is 16.8. The lowest BCUT2D eigenvalue weighted by atomic mass is 9.67. The highest BCUT2D eigenvalue weighted by atomic mass is 15.1. The molecule has 0 heterocycles. The molecule has 11 rings (SSSR count). The van der Waals surface area contributed by atoms with E-state index in [1.807, 2.05) is 0 Å². The fourth-order valence-corrected chi connectivity index (χ4v) is 9.86. The Morgan fingerprint density at radius 1 is 0.290 bits per heavy atom. The molecule has 1 aliphatic rings. The van der Waals surface area contributed by atoms with E-state index in [9.17, 15) is 0 Å². The molecule has 0 spiro atoms. The van der Waals surface area contributed by atoms with Crippen LogP contribution >= 0.6 is 0 Å². The quantitative estimate of drug-likeness (QED) is 0.134. The Balaban J connectivity index is 1.03. The van der Waals surface area contributed by atoms with E-state index in [2.05, 4.69) is 255 Å². The first-order valence-electron chi connectivity index (χ1n) is 21.6. The molecule has 0 atom stereocenters. The molecule has 0 amide bonds. The summed E-state index contributed by atoms with van der Waals surface area (Å²) in [6.07, 6.45) is 0. The normalized spacial score (nSPS) is 12.6. The molecule has 0 saturated carbocycles. The van der Waals surface area contributed by atoms with Crippen LogP contribution in [-0.2, 0) is 5.41 Å². The molecule has 2 heteroatoms. The molecule has 0 N–H and O–H groups in total. The van der Waals surface area contributed by atoms with Gasteiger partial charge in [-0.3, -0.25) is 0 Å². The predicted molar refractivity (Wildman–Crippen MR) is 262 cm³/mol. The van der Waals surface area contributed by atoms with E-state index in [0.29, 0.717) is 0 Å². The van der Waals surface area contributed by atoms with E-state index in [1.165, 1.54) is 71.6 Å². The Bertz CT molecular complexity index is 3120. The summed E-state index contributed by atoms with van der Waals surface area (Å²) in [5.41, 5.74) is 17.5. The summed E-state index contributed by atoms with van der Waals surface area (Å²) in [6, 6.07) is 83.0. The molecule has 0 unspecified atom stereocenters. The molecule has 10 aromatic rings. The summed E-state index contributed by atoms with van der Waals surface area (Å²) in [6.45, 7) is 6.42. The van der Waals surface area contributed by atoms with Gasteiger partial charge in [-0.1, -0.05) is 168 Å². The van der Waals surface area contributed by atoms with Gasteiger partial charge in [0.25, 0.3) is 0 Å². The van der Waals surface area contributed by atoms with Gasteiger partial charge in [0.05, 0.1) is 5.41 Å². The second kappa shape index (κ2) is 15.1. The molecule has 0 aliphatic heterocycles. The van der Waals surface area contributed by atoms with Crippen LogP contribution in [0.4, 0.5) is 34.1 Å². The van der Waals surface area contributed by atoms with Crippen LogP contribution in [-0.4, -0.2) is 0 Å². The van der Waals surface area contributed by atoms with Crippen molar-refractivity contribution in [1.82, 2.24) is 0 Å². The highest BCUT2D eigenvalue weighted by Crippen LogP contribution is 2.57. The number of hydrogen-bond donors (Lipinski definition) is 0. The molecular formula is C60H46N2. The van der Waals surface area contributed by atoms with Gasteiger partial charge in [-0.15, -0.1) is 0 Å². The molecular weight excluding hydrogens is 749 g/mol. The number of anilines is 6. The minimum atomic E-state index is -0.497. The van der Waals surface area contributed by atoms with Gasteiger partial charge in [0.2, 0.25) is 0 Å². The smallest absolute Gasteiger partial charge is 0.0714 e. The Kier molecular flexibility index (Phi) is 9.09. The largest absolute Gasteiger partial charge is 0.311 e. The van der Waals surface area contributed by atoms with Crippen LogP contribution in [0.25, 0.3) is 32.7 Å². The Labute approximate surface area is 364 Å². The van der Waals surface area contributed by atoms with Crippen molar-refractivity contribution in [3.8, 4) is 11.1 Å². The van der Waals surface area contributed by atoms with E-state index in [4.69, 9.17) is 0 Å². The molecule has 296 valence electrons. The van der Waals surface area contributed by atoms with Gasteiger partial charge in [0, 0.05) is 34.1 Å². The van der Waals surface area contributed by atoms with Gasteiger partial charge >= 0.3 is 0 Å². The highest BCUT2D eigenvalue weighted by Gasteiger charge is 2.45. The van der Waals surface area contributed by atoms with E-state index in [-0.39, 0.29) is 0 Å². The minimum Gasteiger partial charge on any atom is -0.311 e. The fourth-order valence-electron chi connectivity index (χ4n) is 9.86. The maximum Gasteiger partial charge on any atom is 0.0714 e. The van der Waals surface area contributed by atoms with Gasteiger partial charge in [-0.05, 0) is 148 Å². The molecule has 0 saturated heterocycles. The van der Waals surface area contributed by atoms with Crippen molar-refractivity contribution >= 4 is 55.7 Å². The molecule has 62 heavy (non-hydrogen) atoms. The fraction of sp³-hybridized carbons (Fsp3) is 0.0667. The minimum absolute atomic E-state index is 0.497. The van der Waals surface area contributed by atoms with Crippen molar-refractivity contribution < 1.29 is 0 Å². The molecule has 2 nitrogen and oxygen atoms in total. The monoisotopic (exact) mass is 794 g/mol. The van der Waals surface area contributed by atoms with Crippen LogP contribution in [0.5, 0.6) is 0 Å². The second-order valence-corrected chi connectivity index (χ2v) is 16.8. The maximum absolute atomic E-state index is 2.47. The first-order valence-corrected chi connectivity index (χ1v) is 21.6. The first-order chi connectivity index (χ1) is 30.5. The molecule has 0 aromatic heterocycles. The third-order valence-electron chi connectivity index (χ3n) is 12.9. The van der Waals surface area contributed by atoms with Crippen molar-refractivity contribution in [2.24, 2.45) is 0 Å². The van der Waals surface area contributed by atoms with Crippen LogP contribution in [0.1, 0.15) is 38.9 Å². The number of nitrogens with zero attached hydrogens (tertiary/aromatic N) is 2. The highest BCUT2D eigenvalue weighted by molar-refractivity contribution is 6.17. The first kappa shape index (κ1) is 37.3. The van der Waals surface area contributed by atoms with Crippen molar-refractivity contribution in [2.45, 2.75) is 26.2 Å². The van der Waals surface area contributed by atoms with Crippen molar-refractivity contribution in [3.63, 3.8) is 0 Å². The van der Waals surface area contributed by atoms with Crippen LogP contribution in [0.15, 0.2) is 224 Å². The van der Waals surface area contributed by atoms with Gasteiger partial charge in [-0.2, -0.15) is 0 Å². The van der Waals surface area contributed by atoms with E-state index < -0.39 is 5.41 Å². The topological polar surface area (TPSA) is 6.48 Å². The van der Waals surface area contributed by atoms with Crippen molar-refractivity contribution in [2.75, 3.05) is 9.80 Å². The standard InChI is InChI=1S/C60H46N2/c1-41-17-29-50(30-18-41)61(51-31-19-42(2)20-32-51)53-35-25-44(26-36-53)45-27-37-54(38-28-45)62(52-33-21-43(3)22-34-52)55-39-47-24-23-46-11-10-16-56-58(46)59(47)57(40-55)60(56,48-12-6-4-7-13-48)49-14-8-5-9-15-49/h4-40H,1-3H3. The molecule has 10 aromatic carbocycles. The third-order valence-corrected chi connectivity index (χ3v) is 12.9. The van der Waals surface area contributed by atoms with Gasteiger partial charge in [0.1, 0.15) is 0 Å². The summed E-state index contributed by atoms with van der Waals surface area (Å²) >= 11 is 0. The van der Waals surface area contributed by atoms with E-state index >= 15 is 0 Å². The zero-order valence-electron chi connectivity index (χ0n) is 35.3. The van der Waals surface area contributed by atoms with Crippen molar-refractivity contribution in [3.05, 3.63) is 263 Å². The molecule has 0 bridgehead atoms. The molecule has 1 aliphatic carbocycles. The summed E-state index contributed by atoms with van der Waals surface area (Å²) in [5.74, 6) is 0. The zero-order valence-corrected chi connectivity index (χ0v) is 35.3. The number of benzene rings is 10.